The van der Waals surface area contributed by atoms with Gasteiger partial charge < -0.3 is 9.80 Å². The molecule has 4 rings (SSSR count). The van der Waals surface area contributed by atoms with E-state index in [1.165, 1.54) is 17.0 Å². The third-order valence-corrected chi connectivity index (χ3v) is 5.48. The molecule has 3 heterocycles. The molecule has 0 unspecified atom stereocenters. The molecule has 7 heteroatoms. The third kappa shape index (κ3) is 3.78. The zero-order valence-corrected chi connectivity index (χ0v) is 16.3. The summed E-state index contributed by atoms with van der Waals surface area (Å²) in [6.45, 7) is 6.24. The molecule has 1 saturated heterocycles. The Balaban J connectivity index is 1.70. The average molecular weight is 394 g/mol. The zero-order chi connectivity index (χ0) is 20.4. The molecule has 2 aliphatic heterocycles. The molecule has 1 aromatic carbocycles. The number of aromatic nitrogens is 1. The number of likely N-dealkylation sites (N-methyl/N-ethyl adjacent to an activating group) is 1. The van der Waals surface area contributed by atoms with Gasteiger partial charge in [0.2, 0.25) is 0 Å². The number of benzene rings is 1. The summed E-state index contributed by atoms with van der Waals surface area (Å²) in [4.78, 5) is 36.2. The topological polar surface area (TPSA) is 56.8 Å². The number of carbonyl (C=O) groups excluding carboxylic acids is 2. The fourth-order valence-electron chi connectivity index (χ4n) is 3.84. The van der Waals surface area contributed by atoms with Crippen LogP contribution in [0.3, 0.4) is 0 Å². The highest BCUT2D eigenvalue weighted by Crippen LogP contribution is 2.33. The third-order valence-electron chi connectivity index (χ3n) is 5.48. The summed E-state index contributed by atoms with van der Waals surface area (Å²) < 4.78 is 13.4. The lowest BCUT2D eigenvalue weighted by atomic mass is 10.0. The molecule has 29 heavy (non-hydrogen) atoms. The van der Waals surface area contributed by atoms with Gasteiger partial charge in [-0.05, 0) is 35.9 Å². The SMILES string of the molecule is CCN1CCN(C2=C(c3ccc(F)cc3)C(=O)N(Cc3cccnc3)C2=O)CC1. The maximum Gasteiger partial charge on any atom is 0.278 e. The van der Waals surface area contributed by atoms with E-state index in [4.69, 9.17) is 0 Å². The van der Waals surface area contributed by atoms with E-state index in [2.05, 4.69) is 16.8 Å². The Morgan fingerprint density at radius 1 is 1.00 bits per heavy atom. The van der Waals surface area contributed by atoms with Gasteiger partial charge in [0.15, 0.2) is 0 Å². The lowest BCUT2D eigenvalue weighted by molar-refractivity contribution is -0.138. The quantitative estimate of drug-likeness (QED) is 0.728. The molecule has 0 bridgehead atoms. The number of pyridine rings is 1. The minimum atomic E-state index is -0.378. The largest absolute Gasteiger partial charge is 0.364 e. The Morgan fingerprint density at radius 2 is 1.72 bits per heavy atom. The van der Waals surface area contributed by atoms with E-state index < -0.39 is 0 Å². The van der Waals surface area contributed by atoms with Gasteiger partial charge in [-0.2, -0.15) is 0 Å². The van der Waals surface area contributed by atoms with Crippen LogP contribution in [-0.4, -0.2) is 64.2 Å². The van der Waals surface area contributed by atoms with Gasteiger partial charge in [0.1, 0.15) is 11.5 Å². The van der Waals surface area contributed by atoms with E-state index in [0.29, 0.717) is 29.9 Å². The number of nitrogens with zero attached hydrogens (tertiary/aromatic N) is 4. The molecule has 2 amide bonds. The van der Waals surface area contributed by atoms with Gasteiger partial charge >= 0.3 is 0 Å². The van der Waals surface area contributed by atoms with Gasteiger partial charge in [0.25, 0.3) is 11.8 Å². The van der Waals surface area contributed by atoms with E-state index in [9.17, 15) is 14.0 Å². The first-order chi connectivity index (χ1) is 14.1. The highest BCUT2D eigenvalue weighted by atomic mass is 19.1. The summed E-state index contributed by atoms with van der Waals surface area (Å²) in [6, 6.07) is 9.37. The second-order valence-corrected chi connectivity index (χ2v) is 7.21. The zero-order valence-electron chi connectivity index (χ0n) is 16.3. The van der Waals surface area contributed by atoms with Crippen LogP contribution in [0, 0.1) is 5.82 Å². The van der Waals surface area contributed by atoms with Crippen LogP contribution in [0.25, 0.3) is 5.57 Å². The maximum absolute atomic E-state index is 13.4. The van der Waals surface area contributed by atoms with Crippen molar-refractivity contribution in [2.75, 3.05) is 32.7 Å². The van der Waals surface area contributed by atoms with Crippen molar-refractivity contribution in [3.8, 4) is 0 Å². The Morgan fingerprint density at radius 3 is 2.34 bits per heavy atom. The fraction of sp³-hybridized carbons (Fsp3) is 0.318. The van der Waals surface area contributed by atoms with Crippen LogP contribution in [0.1, 0.15) is 18.1 Å². The highest BCUT2D eigenvalue weighted by molar-refractivity contribution is 6.35. The first-order valence-corrected chi connectivity index (χ1v) is 9.81. The number of amides is 2. The molecule has 150 valence electrons. The van der Waals surface area contributed by atoms with Crippen LogP contribution in [0.4, 0.5) is 4.39 Å². The second kappa shape index (κ2) is 8.13. The van der Waals surface area contributed by atoms with Crippen LogP contribution in [0.15, 0.2) is 54.5 Å². The smallest absolute Gasteiger partial charge is 0.278 e. The predicted octanol–water partition coefficient (Wildman–Crippen LogP) is 2.14. The van der Waals surface area contributed by atoms with Crippen LogP contribution >= 0.6 is 0 Å². The van der Waals surface area contributed by atoms with E-state index in [1.807, 2.05) is 11.0 Å². The summed E-state index contributed by atoms with van der Waals surface area (Å²) >= 11 is 0. The molecule has 6 nitrogen and oxygen atoms in total. The molecule has 2 aliphatic rings. The van der Waals surface area contributed by atoms with Gasteiger partial charge in [-0.1, -0.05) is 25.1 Å². The van der Waals surface area contributed by atoms with Crippen molar-refractivity contribution in [2.45, 2.75) is 13.5 Å². The van der Waals surface area contributed by atoms with E-state index in [0.717, 1.165) is 25.2 Å². The average Bonchev–Trinajstić information content (AvgIpc) is 3.00. The number of piperazine rings is 1. The lowest BCUT2D eigenvalue weighted by Gasteiger charge is -2.36. The van der Waals surface area contributed by atoms with Crippen molar-refractivity contribution in [3.05, 3.63) is 71.4 Å². The monoisotopic (exact) mass is 394 g/mol. The van der Waals surface area contributed by atoms with Crippen molar-refractivity contribution >= 4 is 17.4 Å². The van der Waals surface area contributed by atoms with Crippen LogP contribution in [0.2, 0.25) is 0 Å². The molecule has 2 aromatic rings. The van der Waals surface area contributed by atoms with Crippen LogP contribution in [-0.2, 0) is 16.1 Å². The Hall–Kier alpha value is -3.06. The minimum absolute atomic E-state index is 0.161. The molecular formula is C22H23FN4O2. The molecule has 0 atom stereocenters. The molecule has 1 aromatic heterocycles. The second-order valence-electron chi connectivity index (χ2n) is 7.21. The predicted molar refractivity (Wildman–Crippen MR) is 107 cm³/mol. The Labute approximate surface area is 169 Å². The highest BCUT2D eigenvalue weighted by Gasteiger charge is 2.42. The van der Waals surface area contributed by atoms with E-state index >= 15 is 0 Å². The minimum Gasteiger partial charge on any atom is -0.364 e. The van der Waals surface area contributed by atoms with Crippen molar-refractivity contribution < 1.29 is 14.0 Å². The van der Waals surface area contributed by atoms with E-state index in [1.54, 1.807) is 30.6 Å². The maximum atomic E-state index is 13.4. The van der Waals surface area contributed by atoms with Crippen molar-refractivity contribution in [1.82, 2.24) is 19.7 Å². The molecule has 0 N–H and O–H groups in total. The lowest BCUT2D eigenvalue weighted by Crippen LogP contribution is -2.47. The van der Waals surface area contributed by atoms with Gasteiger partial charge in [0, 0.05) is 38.6 Å². The molecular weight excluding hydrogens is 371 g/mol. The van der Waals surface area contributed by atoms with E-state index in [-0.39, 0.29) is 24.2 Å². The van der Waals surface area contributed by atoms with Crippen LogP contribution in [0.5, 0.6) is 0 Å². The summed E-state index contributed by atoms with van der Waals surface area (Å²) in [5, 5.41) is 0. The molecule has 0 spiro atoms. The number of hydrogen-bond donors (Lipinski definition) is 0. The molecule has 0 aliphatic carbocycles. The normalized spacial score (nSPS) is 18.1. The molecule has 0 radical (unpaired) electrons. The number of carbonyl (C=O) groups is 2. The van der Waals surface area contributed by atoms with Crippen molar-refractivity contribution in [2.24, 2.45) is 0 Å². The number of halogens is 1. The van der Waals surface area contributed by atoms with Crippen LogP contribution < -0.4 is 0 Å². The van der Waals surface area contributed by atoms with Gasteiger partial charge in [-0.15, -0.1) is 0 Å². The standard InChI is InChI=1S/C22H23FN4O2/c1-2-25-10-12-26(13-11-25)20-19(17-5-7-18(23)8-6-17)21(28)27(22(20)29)15-16-4-3-9-24-14-16/h3-9,14H,2,10-13,15H2,1H3. The molecule has 1 fully saturated rings. The fourth-order valence-corrected chi connectivity index (χ4v) is 3.84. The summed E-state index contributed by atoms with van der Waals surface area (Å²) in [6.07, 6.45) is 3.30. The summed E-state index contributed by atoms with van der Waals surface area (Å²) in [5.41, 5.74) is 2.11. The summed E-state index contributed by atoms with van der Waals surface area (Å²) in [7, 11) is 0. The number of rotatable bonds is 5. The first kappa shape index (κ1) is 19.3. The van der Waals surface area contributed by atoms with Gasteiger partial charge in [0.05, 0.1) is 12.1 Å². The first-order valence-electron chi connectivity index (χ1n) is 9.81. The van der Waals surface area contributed by atoms with Gasteiger partial charge in [-0.3, -0.25) is 19.5 Å². The summed E-state index contributed by atoms with van der Waals surface area (Å²) in [5.74, 6) is -1.03. The number of imide groups is 1. The number of hydrogen-bond acceptors (Lipinski definition) is 5. The van der Waals surface area contributed by atoms with Gasteiger partial charge in [-0.25, -0.2) is 4.39 Å². The van der Waals surface area contributed by atoms with Crippen molar-refractivity contribution in [1.29, 1.82) is 0 Å². The molecule has 0 saturated carbocycles. The Bertz CT molecular complexity index is 935. The Kier molecular flexibility index (Phi) is 5.40. The van der Waals surface area contributed by atoms with Crippen molar-refractivity contribution in [3.63, 3.8) is 0 Å².